The third-order valence-corrected chi connectivity index (χ3v) is 3.06. The minimum absolute atomic E-state index is 0.0442. The fourth-order valence-corrected chi connectivity index (χ4v) is 2.00. The summed E-state index contributed by atoms with van der Waals surface area (Å²) in [5, 5.41) is 0. The van der Waals surface area contributed by atoms with Crippen molar-refractivity contribution >= 4 is 11.0 Å². The molecule has 0 amide bonds. The Hall–Kier alpha value is -2.57. The highest BCUT2D eigenvalue weighted by molar-refractivity contribution is 5.79. The van der Waals surface area contributed by atoms with Gasteiger partial charge in [-0.25, -0.2) is 14.2 Å². The first-order valence-electron chi connectivity index (χ1n) is 5.52. The molecule has 0 spiro atoms. The van der Waals surface area contributed by atoms with E-state index in [9.17, 15) is 14.0 Å². The van der Waals surface area contributed by atoms with Gasteiger partial charge < -0.3 is 4.57 Å². The molecule has 0 aromatic heterocycles. The van der Waals surface area contributed by atoms with E-state index < -0.39 is 17.1 Å². The van der Waals surface area contributed by atoms with Gasteiger partial charge in [-0.1, -0.05) is 0 Å². The molecule has 0 bridgehead atoms. The first-order chi connectivity index (χ1) is 8.99. The maximum Gasteiger partial charge on any atom is 0.352 e. The van der Waals surface area contributed by atoms with Gasteiger partial charge in [-0.3, -0.25) is 9.36 Å². The smallest absolute Gasteiger partial charge is 0.325 e. The molecule has 0 fully saturated rings. The Morgan fingerprint density at radius 1 is 1.11 bits per heavy atom. The van der Waals surface area contributed by atoms with Crippen molar-refractivity contribution < 1.29 is 4.39 Å². The minimum atomic E-state index is -0.642. The molecular formula is C12H9FN4O2. The molecule has 6 nitrogen and oxygen atoms in total. The number of hydrogen-bond donors (Lipinski definition) is 0. The van der Waals surface area contributed by atoms with E-state index in [0.717, 1.165) is 4.57 Å². The maximum absolute atomic E-state index is 13.2. The van der Waals surface area contributed by atoms with Crippen molar-refractivity contribution in [3.05, 3.63) is 44.9 Å². The Balaban J connectivity index is 2.62. The number of aromatic nitrogens is 4. The van der Waals surface area contributed by atoms with Gasteiger partial charge >= 0.3 is 5.69 Å². The quantitative estimate of drug-likeness (QED) is 0.544. The van der Waals surface area contributed by atoms with E-state index in [-0.39, 0.29) is 11.5 Å². The lowest BCUT2D eigenvalue weighted by atomic mass is 10.2. The van der Waals surface area contributed by atoms with E-state index >= 15 is 0 Å². The second kappa shape index (κ2) is 3.71. The van der Waals surface area contributed by atoms with Gasteiger partial charge in [0.15, 0.2) is 11.5 Å². The molecule has 0 unspecified atom stereocenters. The maximum atomic E-state index is 13.2. The minimum Gasteiger partial charge on any atom is -0.325 e. The molecule has 0 saturated heterocycles. The third-order valence-electron chi connectivity index (χ3n) is 3.06. The molecular weight excluding hydrogens is 251 g/mol. The lowest BCUT2D eigenvalue weighted by Gasteiger charge is -2.13. The fourth-order valence-electron chi connectivity index (χ4n) is 2.00. The number of fused-ring (bicyclic) bond motifs is 2. The van der Waals surface area contributed by atoms with Crippen LogP contribution in [0.5, 0.6) is 0 Å². The molecule has 2 aliphatic rings. The van der Waals surface area contributed by atoms with Crippen LogP contribution in [0.3, 0.4) is 0 Å². The summed E-state index contributed by atoms with van der Waals surface area (Å²) in [6.07, 6.45) is 0. The predicted octanol–water partition coefficient (Wildman–Crippen LogP) is 0.271. The van der Waals surface area contributed by atoms with Crippen LogP contribution in [0.15, 0.2) is 27.8 Å². The Bertz CT molecular complexity index is 897. The van der Waals surface area contributed by atoms with Crippen molar-refractivity contribution in [2.45, 2.75) is 0 Å². The summed E-state index contributed by atoms with van der Waals surface area (Å²) in [6.45, 7) is 0. The van der Waals surface area contributed by atoms with Crippen molar-refractivity contribution in [2.75, 3.05) is 0 Å². The molecule has 96 valence electrons. The molecule has 2 aliphatic heterocycles. The van der Waals surface area contributed by atoms with Gasteiger partial charge in [0.25, 0.3) is 5.56 Å². The lowest BCUT2D eigenvalue weighted by Crippen LogP contribution is -2.36. The largest absolute Gasteiger partial charge is 0.352 e. The second-order valence-electron chi connectivity index (χ2n) is 4.23. The van der Waals surface area contributed by atoms with Crippen LogP contribution in [-0.4, -0.2) is 19.1 Å². The Morgan fingerprint density at radius 2 is 1.84 bits per heavy atom. The molecule has 0 N–H and O–H groups in total. The van der Waals surface area contributed by atoms with Crippen LogP contribution in [0, 0.1) is 5.82 Å². The van der Waals surface area contributed by atoms with Crippen molar-refractivity contribution in [2.24, 2.45) is 14.1 Å². The Labute approximate surface area is 106 Å². The third kappa shape index (κ3) is 1.55. The SMILES string of the molecule is Cn1c(=O)nc2n(C)c3ccc(F)cc3nc-2c1=O. The average molecular weight is 260 g/mol. The highest BCUT2D eigenvalue weighted by Crippen LogP contribution is 2.19. The molecule has 0 radical (unpaired) electrons. The molecule has 0 atom stereocenters. The van der Waals surface area contributed by atoms with Gasteiger partial charge in [-0.15, -0.1) is 0 Å². The normalized spacial score (nSPS) is 11.3. The Morgan fingerprint density at radius 3 is 2.58 bits per heavy atom. The van der Waals surface area contributed by atoms with Crippen molar-refractivity contribution in [3.8, 4) is 11.5 Å². The molecule has 2 heterocycles. The molecule has 1 aromatic carbocycles. The van der Waals surface area contributed by atoms with E-state index in [1.807, 2.05) is 0 Å². The van der Waals surface area contributed by atoms with Crippen molar-refractivity contribution in [1.82, 2.24) is 19.1 Å². The zero-order valence-corrected chi connectivity index (χ0v) is 10.2. The Kier molecular flexibility index (Phi) is 2.25. The van der Waals surface area contributed by atoms with Gasteiger partial charge in [-0.2, -0.15) is 4.98 Å². The van der Waals surface area contributed by atoms with Crippen molar-refractivity contribution in [3.63, 3.8) is 0 Å². The summed E-state index contributed by atoms with van der Waals surface area (Å²) in [5.74, 6) is -0.253. The first kappa shape index (κ1) is 11.5. The van der Waals surface area contributed by atoms with Crippen LogP contribution in [0.2, 0.25) is 0 Å². The van der Waals surface area contributed by atoms with Crippen LogP contribution < -0.4 is 11.2 Å². The highest BCUT2D eigenvalue weighted by atomic mass is 19.1. The summed E-state index contributed by atoms with van der Waals surface area (Å²) in [4.78, 5) is 31.5. The monoisotopic (exact) mass is 260 g/mol. The zero-order chi connectivity index (χ0) is 13.7. The van der Waals surface area contributed by atoms with E-state index in [0.29, 0.717) is 11.0 Å². The summed E-state index contributed by atoms with van der Waals surface area (Å²) >= 11 is 0. The first-order valence-corrected chi connectivity index (χ1v) is 5.52. The zero-order valence-electron chi connectivity index (χ0n) is 10.2. The van der Waals surface area contributed by atoms with Gasteiger partial charge in [0.05, 0.1) is 11.0 Å². The predicted molar refractivity (Wildman–Crippen MR) is 66.6 cm³/mol. The van der Waals surface area contributed by atoms with E-state index in [1.54, 1.807) is 11.6 Å². The summed E-state index contributed by atoms with van der Waals surface area (Å²) in [5.41, 5.74) is -0.211. The number of hydrogen-bond acceptors (Lipinski definition) is 4. The van der Waals surface area contributed by atoms with E-state index in [4.69, 9.17) is 0 Å². The summed E-state index contributed by atoms with van der Waals surface area (Å²) in [6, 6.07) is 4.05. The topological polar surface area (TPSA) is 69.8 Å². The molecule has 0 aliphatic carbocycles. The van der Waals surface area contributed by atoms with Gasteiger partial charge in [0.1, 0.15) is 5.82 Å². The fraction of sp³-hybridized carbons (Fsp3) is 0.167. The van der Waals surface area contributed by atoms with Gasteiger partial charge in [-0.05, 0) is 12.1 Å². The number of nitrogens with zero attached hydrogens (tertiary/aromatic N) is 4. The average Bonchev–Trinajstić information content (AvgIpc) is 2.38. The number of benzene rings is 1. The molecule has 1 aromatic rings. The molecule has 7 heteroatoms. The number of halogens is 1. The number of aryl methyl sites for hydroxylation is 1. The number of rotatable bonds is 0. The summed E-state index contributed by atoms with van der Waals surface area (Å²) < 4.78 is 15.6. The van der Waals surface area contributed by atoms with Gasteiger partial charge in [0.2, 0.25) is 0 Å². The van der Waals surface area contributed by atoms with Crippen LogP contribution >= 0.6 is 0 Å². The lowest BCUT2D eigenvalue weighted by molar-refractivity contribution is 0.629. The van der Waals surface area contributed by atoms with Crippen LogP contribution in [0.25, 0.3) is 22.6 Å². The van der Waals surface area contributed by atoms with E-state index in [1.165, 1.54) is 25.2 Å². The van der Waals surface area contributed by atoms with Crippen molar-refractivity contribution in [1.29, 1.82) is 0 Å². The van der Waals surface area contributed by atoms with Crippen LogP contribution in [0.1, 0.15) is 0 Å². The molecule has 19 heavy (non-hydrogen) atoms. The standard InChI is InChI=1S/C12H9FN4O2/c1-16-8-4-3-6(13)5-7(8)14-9-10(16)15-12(19)17(2)11(9)18/h3-5H,1-2H3. The van der Waals surface area contributed by atoms with Crippen LogP contribution in [-0.2, 0) is 14.1 Å². The van der Waals surface area contributed by atoms with E-state index in [2.05, 4.69) is 9.97 Å². The van der Waals surface area contributed by atoms with Crippen LogP contribution in [0.4, 0.5) is 4.39 Å². The highest BCUT2D eigenvalue weighted by Gasteiger charge is 2.18. The molecule has 0 saturated carbocycles. The summed E-state index contributed by atoms with van der Waals surface area (Å²) in [7, 11) is 2.98. The molecule has 3 rings (SSSR count). The van der Waals surface area contributed by atoms with Gasteiger partial charge in [0, 0.05) is 20.2 Å². The second-order valence-corrected chi connectivity index (χ2v) is 4.23.